The van der Waals surface area contributed by atoms with E-state index in [1.165, 1.54) is 0 Å². The molecule has 1 aliphatic carbocycles. The Morgan fingerprint density at radius 1 is 1.56 bits per heavy atom. The number of carbonyl (C=O) groups excluding carboxylic acids is 1. The maximum Gasteiger partial charge on any atom is 0.136 e. The summed E-state index contributed by atoms with van der Waals surface area (Å²) >= 11 is 0. The highest BCUT2D eigenvalue weighted by molar-refractivity contribution is 5.81. The molecule has 1 fully saturated rings. The Kier molecular flexibility index (Phi) is 3.42. The molecular formula is C13H20N2O. The molecule has 1 heterocycles. The van der Waals surface area contributed by atoms with E-state index >= 15 is 0 Å². The van der Waals surface area contributed by atoms with Gasteiger partial charge in [-0.15, -0.1) is 0 Å². The average molecular weight is 220 g/mol. The van der Waals surface area contributed by atoms with Gasteiger partial charge in [0.05, 0.1) is 0 Å². The van der Waals surface area contributed by atoms with Gasteiger partial charge in [-0.05, 0) is 25.2 Å². The summed E-state index contributed by atoms with van der Waals surface area (Å²) in [5, 5.41) is 0. The van der Waals surface area contributed by atoms with Gasteiger partial charge in [-0.1, -0.05) is 6.92 Å². The molecule has 88 valence electrons. The first-order chi connectivity index (χ1) is 7.66. The van der Waals surface area contributed by atoms with Crippen LogP contribution in [-0.2, 0) is 18.3 Å². The Hall–Kier alpha value is -1.12. The Labute approximate surface area is 96.9 Å². The highest BCUT2D eigenvalue weighted by Crippen LogP contribution is 2.28. The van der Waals surface area contributed by atoms with E-state index < -0.39 is 0 Å². The largest absolute Gasteiger partial charge is 0.338 e. The lowest BCUT2D eigenvalue weighted by atomic mass is 9.79. The van der Waals surface area contributed by atoms with E-state index in [0.29, 0.717) is 11.7 Å². The lowest BCUT2D eigenvalue weighted by Gasteiger charge is -2.25. The summed E-state index contributed by atoms with van der Waals surface area (Å²) in [7, 11) is 2.01. The fourth-order valence-electron chi connectivity index (χ4n) is 2.55. The highest BCUT2D eigenvalue weighted by Gasteiger charge is 2.26. The van der Waals surface area contributed by atoms with Crippen molar-refractivity contribution in [3.8, 4) is 0 Å². The monoisotopic (exact) mass is 220 g/mol. The molecule has 0 aromatic carbocycles. The number of carbonyl (C=O) groups is 1. The lowest BCUT2D eigenvalue weighted by Crippen LogP contribution is -2.24. The number of ketones is 1. The van der Waals surface area contributed by atoms with Crippen LogP contribution < -0.4 is 0 Å². The van der Waals surface area contributed by atoms with Crippen LogP contribution in [0.5, 0.6) is 0 Å². The van der Waals surface area contributed by atoms with Crippen LogP contribution in [0.25, 0.3) is 0 Å². The Balaban J connectivity index is 1.89. The van der Waals surface area contributed by atoms with Crippen molar-refractivity contribution in [3.05, 3.63) is 18.2 Å². The van der Waals surface area contributed by atoms with E-state index in [4.69, 9.17) is 0 Å². The summed E-state index contributed by atoms with van der Waals surface area (Å²) in [6, 6.07) is 0. The first kappa shape index (κ1) is 11.4. The zero-order valence-electron chi connectivity index (χ0n) is 10.1. The number of nitrogens with zero attached hydrogens (tertiary/aromatic N) is 2. The zero-order valence-corrected chi connectivity index (χ0v) is 10.1. The maximum absolute atomic E-state index is 11.8. The highest BCUT2D eigenvalue weighted by atomic mass is 16.1. The minimum absolute atomic E-state index is 0.278. The molecule has 1 aromatic rings. The van der Waals surface area contributed by atoms with Crippen molar-refractivity contribution in [2.24, 2.45) is 18.9 Å². The number of rotatable bonds is 3. The molecule has 3 nitrogen and oxygen atoms in total. The summed E-state index contributed by atoms with van der Waals surface area (Å²) in [6.45, 7) is 2.25. The van der Waals surface area contributed by atoms with Gasteiger partial charge in [0.2, 0.25) is 0 Å². The second-order valence-electron chi connectivity index (χ2n) is 5.04. The van der Waals surface area contributed by atoms with Gasteiger partial charge in [-0.2, -0.15) is 0 Å². The molecule has 0 saturated heterocycles. The quantitative estimate of drug-likeness (QED) is 0.783. The van der Waals surface area contributed by atoms with Crippen LogP contribution in [0.1, 0.15) is 38.4 Å². The maximum atomic E-state index is 11.8. The molecule has 16 heavy (non-hydrogen) atoms. The molecule has 0 bridgehead atoms. The molecule has 1 saturated carbocycles. The van der Waals surface area contributed by atoms with Crippen molar-refractivity contribution in [1.82, 2.24) is 9.55 Å². The molecule has 3 heteroatoms. The Morgan fingerprint density at radius 2 is 2.38 bits per heavy atom. The third-order valence-corrected chi connectivity index (χ3v) is 3.66. The van der Waals surface area contributed by atoms with Gasteiger partial charge in [-0.3, -0.25) is 4.79 Å². The molecule has 2 rings (SSSR count). The van der Waals surface area contributed by atoms with Gasteiger partial charge in [0.1, 0.15) is 11.6 Å². The second-order valence-corrected chi connectivity index (χ2v) is 5.04. The van der Waals surface area contributed by atoms with E-state index in [9.17, 15) is 4.79 Å². The Bertz CT molecular complexity index is 370. The SMILES string of the molecule is CC1CCC(=O)C(CCc2nccn2C)C1. The second kappa shape index (κ2) is 4.81. The fraction of sp³-hybridized carbons (Fsp3) is 0.692. The third kappa shape index (κ3) is 2.52. The minimum Gasteiger partial charge on any atom is -0.338 e. The smallest absolute Gasteiger partial charge is 0.136 e. The average Bonchev–Trinajstić information content (AvgIpc) is 2.66. The number of aryl methyl sites for hydroxylation is 2. The van der Waals surface area contributed by atoms with E-state index in [1.54, 1.807) is 0 Å². The fourth-order valence-corrected chi connectivity index (χ4v) is 2.55. The number of aromatic nitrogens is 2. The third-order valence-electron chi connectivity index (χ3n) is 3.66. The van der Waals surface area contributed by atoms with Gasteiger partial charge in [0.15, 0.2) is 0 Å². The minimum atomic E-state index is 0.278. The van der Waals surface area contributed by atoms with E-state index in [2.05, 4.69) is 11.9 Å². The molecule has 0 aliphatic heterocycles. The predicted octanol–water partition coefficient (Wildman–Crippen LogP) is 2.36. The van der Waals surface area contributed by atoms with Crippen molar-refractivity contribution in [2.75, 3.05) is 0 Å². The van der Waals surface area contributed by atoms with Crippen LogP contribution in [0.15, 0.2) is 12.4 Å². The summed E-state index contributed by atoms with van der Waals surface area (Å²) in [6.07, 6.45) is 8.61. The molecule has 1 aromatic heterocycles. The molecule has 2 unspecified atom stereocenters. The van der Waals surface area contributed by atoms with Crippen LogP contribution in [0.4, 0.5) is 0 Å². The number of hydrogen-bond donors (Lipinski definition) is 0. The first-order valence-corrected chi connectivity index (χ1v) is 6.15. The first-order valence-electron chi connectivity index (χ1n) is 6.15. The van der Waals surface area contributed by atoms with Gasteiger partial charge in [0.25, 0.3) is 0 Å². The number of hydrogen-bond acceptors (Lipinski definition) is 2. The Morgan fingerprint density at radius 3 is 3.06 bits per heavy atom. The van der Waals surface area contributed by atoms with E-state index in [0.717, 1.165) is 37.9 Å². The van der Waals surface area contributed by atoms with Gasteiger partial charge < -0.3 is 4.57 Å². The van der Waals surface area contributed by atoms with Crippen molar-refractivity contribution < 1.29 is 4.79 Å². The molecule has 0 spiro atoms. The number of Topliss-reactive ketones (excluding diaryl/α,β-unsaturated/α-hetero) is 1. The summed E-state index contributed by atoms with van der Waals surface area (Å²) in [5.41, 5.74) is 0. The van der Waals surface area contributed by atoms with Crippen LogP contribution >= 0.6 is 0 Å². The zero-order chi connectivity index (χ0) is 11.5. The van der Waals surface area contributed by atoms with Crippen LogP contribution in [0, 0.1) is 11.8 Å². The molecular weight excluding hydrogens is 200 g/mol. The van der Waals surface area contributed by atoms with E-state index in [-0.39, 0.29) is 5.92 Å². The van der Waals surface area contributed by atoms with Gasteiger partial charge in [0, 0.05) is 38.2 Å². The van der Waals surface area contributed by atoms with Gasteiger partial charge in [-0.25, -0.2) is 4.98 Å². The van der Waals surface area contributed by atoms with Crippen LogP contribution in [0.3, 0.4) is 0 Å². The molecule has 2 atom stereocenters. The normalized spacial score (nSPS) is 26.0. The molecule has 1 aliphatic rings. The summed E-state index contributed by atoms with van der Waals surface area (Å²) in [5.74, 6) is 2.54. The lowest BCUT2D eigenvalue weighted by molar-refractivity contribution is -0.125. The van der Waals surface area contributed by atoms with Crippen LogP contribution in [0.2, 0.25) is 0 Å². The van der Waals surface area contributed by atoms with Crippen molar-refractivity contribution in [3.63, 3.8) is 0 Å². The van der Waals surface area contributed by atoms with Crippen molar-refractivity contribution in [2.45, 2.75) is 39.0 Å². The van der Waals surface area contributed by atoms with Crippen molar-refractivity contribution in [1.29, 1.82) is 0 Å². The molecule has 0 amide bonds. The number of imidazole rings is 1. The van der Waals surface area contributed by atoms with E-state index in [1.807, 2.05) is 24.0 Å². The topological polar surface area (TPSA) is 34.9 Å². The molecule has 0 N–H and O–H groups in total. The standard InChI is InChI=1S/C13H20N2O/c1-10-3-5-12(16)11(9-10)4-6-13-14-7-8-15(13)2/h7-8,10-11H,3-6,9H2,1-2H3. The molecule has 0 radical (unpaired) electrons. The van der Waals surface area contributed by atoms with Crippen LogP contribution in [-0.4, -0.2) is 15.3 Å². The summed E-state index contributed by atoms with van der Waals surface area (Å²) < 4.78 is 2.04. The van der Waals surface area contributed by atoms with Gasteiger partial charge >= 0.3 is 0 Å². The predicted molar refractivity (Wildman–Crippen MR) is 63.0 cm³/mol. The van der Waals surface area contributed by atoms with Crippen molar-refractivity contribution >= 4 is 5.78 Å². The summed E-state index contributed by atoms with van der Waals surface area (Å²) in [4.78, 5) is 16.1.